The molecule has 1 N–H and O–H groups in total. The topological polar surface area (TPSA) is 76.1 Å². The fourth-order valence-electron chi connectivity index (χ4n) is 2.56. The number of piperidine rings is 1. The van der Waals surface area contributed by atoms with Gasteiger partial charge in [-0.3, -0.25) is 9.36 Å². The van der Waals surface area contributed by atoms with Crippen molar-refractivity contribution < 1.29 is 23.5 Å². The van der Waals surface area contributed by atoms with Crippen molar-refractivity contribution in [1.29, 1.82) is 0 Å². The maximum atomic E-state index is 12.2. The summed E-state index contributed by atoms with van der Waals surface area (Å²) in [4.78, 5) is 14.0. The van der Waals surface area contributed by atoms with Gasteiger partial charge in [0.25, 0.3) is 0 Å². The van der Waals surface area contributed by atoms with Crippen molar-refractivity contribution in [2.24, 2.45) is 11.3 Å². The van der Waals surface area contributed by atoms with Crippen LogP contribution in [0.1, 0.15) is 33.6 Å². The minimum Gasteiger partial charge on any atom is -0.392 e. The highest BCUT2D eigenvalue weighted by molar-refractivity contribution is 7.53. The summed E-state index contributed by atoms with van der Waals surface area (Å²) in [6.45, 7) is 6.97. The van der Waals surface area contributed by atoms with E-state index in [1.54, 1.807) is 0 Å². The SMILES string of the molecule is COP(=O)(CC(O)C1CCN(C(=O)C(C)(C)C)CC1)OC. The van der Waals surface area contributed by atoms with Crippen molar-refractivity contribution >= 4 is 13.5 Å². The standard InChI is InChI=1S/C14H28NO5P/c1-14(2,3)13(17)15-8-6-11(7-9-15)12(16)10-21(18,19-4)20-5/h11-12,16H,6-10H2,1-5H3. The first kappa shape index (κ1) is 18.6. The van der Waals surface area contributed by atoms with E-state index in [-0.39, 0.29) is 23.4 Å². The summed E-state index contributed by atoms with van der Waals surface area (Å²) >= 11 is 0. The second-order valence-corrected chi connectivity index (χ2v) is 8.92. The lowest BCUT2D eigenvalue weighted by molar-refractivity contribution is -0.141. The van der Waals surface area contributed by atoms with Crippen LogP contribution in [0.2, 0.25) is 0 Å². The summed E-state index contributed by atoms with van der Waals surface area (Å²) < 4.78 is 21.8. The fourth-order valence-corrected chi connectivity index (χ4v) is 3.77. The monoisotopic (exact) mass is 321 g/mol. The predicted octanol–water partition coefficient (Wildman–Crippen LogP) is 2.12. The Hall–Kier alpha value is -0.420. The maximum absolute atomic E-state index is 12.2. The molecule has 0 aliphatic carbocycles. The largest absolute Gasteiger partial charge is 0.392 e. The molecule has 1 atom stereocenters. The molecule has 0 radical (unpaired) electrons. The molecular formula is C14H28NO5P. The first-order valence-electron chi connectivity index (χ1n) is 7.31. The van der Waals surface area contributed by atoms with Gasteiger partial charge in [0.1, 0.15) is 0 Å². The van der Waals surface area contributed by atoms with Crippen LogP contribution in [0.25, 0.3) is 0 Å². The lowest BCUT2D eigenvalue weighted by Crippen LogP contribution is -2.46. The van der Waals surface area contributed by atoms with E-state index < -0.39 is 13.7 Å². The third kappa shape index (κ3) is 5.06. The van der Waals surface area contributed by atoms with Crippen molar-refractivity contribution in [2.45, 2.75) is 39.7 Å². The highest BCUT2D eigenvalue weighted by atomic mass is 31.2. The van der Waals surface area contributed by atoms with Gasteiger partial charge >= 0.3 is 7.60 Å². The Balaban J connectivity index is 2.53. The van der Waals surface area contributed by atoms with Crippen LogP contribution in [-0.4, -0.2) is 55.5 Å². The first-order chi connectivity index (χ1) is 9.63. The average Bonchev–Trinajstić information content (AvgIpc) is 2.45. The van der Waals surface area contributed by atoms with Crippen LogP contribution in [0.3, 0.4) is 0 Å². The van der Waals surface area contributed by atoms with E-state index in [2.05, 4.69) is 0 Å². The quantitative estimate of drug-likeness (QED) is 0.785. The number of hydrogen-bond donors (Lipinski definition) is 1. The zero-order chi connectivity index (χ0) is 16.3. The molecule has 0 spiro atoms. The van der Waals surface area contributed by atoms with Crippen molar-refractivity contribution in [2.75, 3.05) is 33.5 Å². The van der Waals surface area contributed by atoms with Crippen molar-refractivity contribution in [3.63, 3.8) is 0 Å². The van der Waals surface area contributed by atoms with Crippen LogP contribution in [0.4, 0.5) is 0 Å². The Kier molecular flexibility index (Phi) is 6.41. The highest BCUT2D eigenvalue weighted by Crippen LogP contribution is 2.48. The van der Waals surface area contributed by atoms with E-state index in [9.17, 15) is 14.5 Å². The molecule has 1 rings (SSSR count). The van der Waals surface area contributed by atoms with E-state index >= 15 is 0 Å². The van der Waals surface area contributed by atoms with Gasteiger partial charge < -0.3 is 19.1 Å². The number of likely N-dealkylation sites (tertiary alicyclic amines) is 1. The molecule has 1 heterocycles. The number of carbonyl (C=O) groups is 1. The highest BCUT2D eigenvalue weighted by Gasteiger charge is 2.35. The number of carbonyl (C=O) groups excluding carboxylic acids is 1. The third-order valence-corrected chi connectivity index (χ3v) is 5.91. The van der Waals surface area contributed by atoms with E-state index in [0.29, 0.717) is 25.9 Å². The summed E-state index contributed by atoms with van der Waals surface area (Å²) in [5, 5.41) is 10.2. The molecular weight excluding hydrogens is 293 g/mol. The summed E-state index contributed by atoms with van der Waals surface area (Å²) in [5.74, 6) is 0.155. The van der Waals surface area contributed by atoms with Gasteiger partial charge in [-0.1, -0.05) is 20.8 Å². The summed E-state index contributed by atoms with van der Waals surface area (Å²) in [7, 11) is -0.553. The van der Waals surface area contributed by atoms with E-state index in [0.717, 1.165) is 0 Å². The first-order valence-corrected chi connectivity index (χ1v) is 9.03. The molecule has 7 heteroatoms. The third-order valence-electron chi connectivity index (χ3n) is 3.98. The second kappa shape index (κ2) is 7.23. The van der Waals surface area contributed by atoms with Crippen LogP contribution >= 0.6 is 7.60 Å². The van der Waals surface area contributed by atoms with Crippen molar-refractivity contribution in [1.82, 2.24) is 4.90 Å². The van der Waals surface area contributed by atoms with Crippen molar-refractivity contribution in [3.05, 3.63) is 0 Å². The van der Waals surface area contributed by atoms with E-state index in [1.807, 2.05) is 25.7 Å². The Bertz CT molecular complexity index is 391. The number of rotatable bonds is 5. The predicted molar refractivity (Wildman–Crippen MR) is 81.3 cm³/mol. The minimum absolute atomic E-state index is 0.00210. The number of aliphatic hydroxyl groups is 1. The lowest BCUT2D eigenvalue weighted by Gasteiger charge is -2.37. The number of nitrogens with zero attached hydrogens (tertiary/aromatic N) is 1. The minimum atomic E-state index is -3.20. The Morgan fingerprint density at radius 2 is 1.76 bits per heavy atom. The molecule has 1 amide bonds. The molecule has 1 saturated heterocycles. The fraction of sp³-hybridized carbons (Fsp3) is 0.929. The zero-order valence-electron chi connectivity index (χ0n) is 13.7. The average molecular weight is 321 g/mol. The molecule has 1 aliphatic rings. The summed E-state index contributed by atoms with van der Waals surface area (Å²) in [5.41, 5.74) is -0.382. The Labute approximate surface area is 127 Å². The van der Waals surface area contributed by atoms with Gasteiger partial charge in [0.05, 0.1) is 12.3 Å². The molecule has 6 nitrogen and oxygen atoms in total. The molecule has 1 unspecified atom stereocenters. The van der Waals surface area contributed by atoms with Gasteiger partial charge in [-0.05, 0) is 18.8 Å². The molecule has 0 saturated carbocycles. The van der Waals surface area contributed by atoms with Crippen LogP contribution in [-0.2, 0) is 18.4 Å². The Morgan fingerprint density at radius 3 is 2.14 bits per heavy atom. The Morgan fingerprint density at radius 1 is 1.29 bits per heavy atom. The van der Waals surface area contributed by atoms with Gasteiger partial charge in [0.2, 0.25) is 5.91 Å². The molecule has 0 aromatic carbocycles. The molecule has 0 aromatic rings. The smallest absolute Gasteiger partial charge is 0.332 e. The number of amides is 1. The van der Waals surface area contributed by atoms with Gasteiger partial charge in [0.15, 0.2) is 0 Å². The van der Waals surface area contributed by atoms with Crippen LogP contribution in [0.5, 0.6) is 0 Å². The van der Waals surface area contributed by atoms with E-state index in [1.165, 1.54) is 14.2 Å². The zero-order valence-corrected chi connectivity index (χ0v) is 14.6. The molecule has 0 bridgehead atoms. The van der Waals surface area contributed by atoms with Crippen LogP contribution in [0.15, 0.2) is 0 Å². The van der Waals surface area contributed by atoms with Crippen LogP contribution in [0, 0.1) is 11.3 Å². The number of hydrogen-bond acceptors (Lipinski definition) is 5. The summed E-state index contributed by atoms with van der Waals surface area (Å²) in [6, 6.07) is 0. The van der Waals surface area contributed by atoms with Gasteiger partial charge in [-0.15, -0.1) is 0 Å². The van der Waals surface area contributed by atoms with Gasteiger partial charge in [-0.25, -0.2) is 0 Å². The van der Waals surface area contributed by atoms with Gasteiger partial charge in [-0.2, -0.15) is 0 Å². The summed E-state index contributed by atoms with van der Waals surface area (Å²) in [6.07, 6.45) is 0.674. The maximum Gasteiger partial charge on any atom is 0.332 e. The van der Waals surface area contributed by atoms with Crippen LogP contribution < -0.4 is 0 Å². The molecule has 1 fully saturated rings. The molecule has 1 aliphatic heterocycles. The van der Waals surface area contributed by atoms with Gasteiger partial charge in [0, 0.05) is 32.7 Å². The lowest BCUT2D eigenvalue weighted by atomic mass is 9.89. The van der Waals surface area contributed by atoms with Crippen molar-refractivity contribution in [3.8, 4) is 0 Å². The second-order valence-electron chi connectivity index (χ2n) is 6.61. The molecule has 124 valence electrons. The number of aliphatic hydroxyl groups excluding tert-OH is 1. The molecule has 0 aromatic heterocycles. The van der Waals surface area contributed by atoms with E-state index in [4.69, 9.17) is 9.05 Å². The normalized spacial score (nSPS) is 19.6. The molecule has 21 heavy (non-hydrogen) atoms.